The molecule has 0 aliphatic rings. The highest BCUT2D eigenvalue weighted by Crippen LogP contribution is 2.03. The Hall–Kier alpha value is -3.72. The summed E-state index contributed by atoms with van der Waals surface area (Å²) in [6.07, 6.45) is 31.7. The molecule has 0 aromatic rings. The molecule has 0 atom stereocenters. The van der Waals surface area contributed by atoms with E-state index in [1.165, 1.54) is 0 Å². The van der Waals surface area contributed by atoms with Gasteiger partial charge in [-0.25, -0.2) is 4.79 Å². The molecule has 0 aliphatic heterocycles. The third-order valence-corrected chi connectivity index (χ3v) is 4.21. The van der Waals surface area contributed by atoms with Crippen molar-refractivity contribution in [3.05, 3.63) is 131 Å². The molecule has 174 valence electrons. The summed E-state index contributed by atoms with van der Waals surface area (Å²) in [4.78, 5) is 21.3. The lowest BCUT2D eigenvalue weighted by molar-refractivity contribution is -0.132. The Morgan fingerprint density at radius 3 is 1.12 bits per heavy atom. The van der Waals surface area contributed by atoms with Gasteiger partial charge in [0, 0.05) is 5.57 Å². The zero-order valence-corrected chi connectivity index (χ0v) is 20.6. The fourth-order valence-corrected chi connectivity index (χ4v) is 2.15. The lowest BCUT2D eigenvalue weighted by atomic mass is 10.2. The number of hydrogen-bond donors (Lipinski definition) is 1. The van der Waals surface area contributed by atoms with Crippen molar-refractivity contribution in [2.75, 3.05) is 0 Å². The maximum Gasteiger partial charge on any atom is 0.331 e. The molecular formula is C30H36O3. The molecular weight excluding hydrogens is 408 g/mol. The number of carboxylic acids is 1. The van der Waals surface area contributed by atoms with Gasteiger partial charge in [0.2, 0.25) is 0 Å². The fraction of sp³-hybridized carbons (Fsp3) is 0.200. The minimum absolute atomic E-state index is 0.304. The predicted octanol–water partition coefficient (Wildman–Crippen LogP) is 7.73. The Bertz CT molecular complexity index is 995. The van der Waals surface area contributed by atoms with Crippen molar-refractivity contribution in [1.82, 2.24) is 0 Å². The van der Waals surface area contributed by atoms with Crippen LogP contribution in [0.4, 0.5) is 0 Å². The topological polar surface area (TPSA) is 54.4 Å². The van der Waals surface area contributed by atoms with Crippen molar-refractivity contribution in [3.63, 3.8) is 0 Å². The third kappa shape index (κ3) is 17.6. The van der Waals surface area contributed by atoms with Crippen LogP contribution in [0.25, 0.3) is 0 Å². The van der Waals surface area contributed by atoms with Crippen LogP contribution in [0.15, 0.2) is 131 Å². The van der Waals surface area contributed by atoms with Crippen LogP contribution in [0.2, 0.25) is 0 Å². The van der Waals surface area contributed by atoms with E-state index in [4.69, 9.17) is 5.11 Å². The van der Waals surface area contributed by atoms with Crippen LogP contribution < -0.4 is 0 Å². The summed E-state index contributed by atoms with van der Waals surface area (Å²) in [7, 11) is 0. The standard InChI is InChI=1S/C30H36O3/c1-24(15-9-17-26(3)19-11-21-28(5)23-31)13-7-8-14-25(2)16-10-18-27(4)20-12-22-29(6)30(32)33/h7-23H,1-6H3,(H,32,33). The van der Waals surface area contributed by atoms with Gasteiger partial charge in [-0.3, -0.25) is 4.79 Å². The van der Waals surface area contributed by atoms with E-state index in [1.54, 1.807) is 32.1 Å². The molecule has 0 unspecified atom stereocenters. The van der Waals surface area contributed by atoms with Gasteiger partial charge in [0.15, 0.2) is 0 Å². The Kier molecular flexibility index (Phi) is 15.9. The van der Waals surface area contributed by atoms with E-state index in [0.29, 0.717) is 11.1 Å². The van der Waals surface area contributed by atoms with Crippen LogP contribution in [-0.2, 0) is 9.59 Å². The Morgan fingerprint density at radius 2 is 0.788 bits per heavy atom. The predicted molar refractivity (Wildman–Crippen MR) is 142 cm³/mol. The number of hydrogen-bond acceptors (Lipinski definition) is 2. The minimum atomic E-state index is -0.910. The maximum absolute atomic E-state index is 10.7. The molecule has 0 amide bonds. The summed E-state index contributed by atoms with van der Waals surface area (Å²) in [6.45, 7) is 11.4. The average molecular weight is 445 g/mol. The first-order valence-corrected chi connectivity index (χ1v) is 10.8. The molecule has 0 aromatic carbocycles. The summed E-state index contributed by atoms with van der Waals surface area (Å²) < 4.78 is 0. The van der Waals surface area contributed by atoms with Crippen LogP contribution in [-0.4, -0.2) is 17.4 Å². The summed E-state index contributed by atoms with van der Waals surface area (Å²) in [5.41, 5.74) is 5.38. The second kappa shape index (κ2) is 17.9. The number of allylic oxidation sites excluding steroid dienone is 21. The minimum Gasteiger partial charge on any atom is -0.478 e. The number of rotatable bonds is 12. The molecule has 0 fully saturated rings. The van der Waals surface area contributed by atoms with E-state index >= 15 is 0 Å². The molecule has 0 aliphatic carbocycles. The first-order valence-electron chi connectivity index (χ1n) is 10.8. The Morgan fingerprint density at radius 1 is 0.485 bits per heavy atom. The molecule has 0 aromatic heterocycles. The highest BCUT2D eigenvalue weighted by atomic mass is 16.4. The molecule has 0 bridgehead atoms. The van der Waals surface area contributed by atoms with Crippen molar-refractivity contribution < 1.29 is 14.7 Å². The van der Waals surface area contributed by atoms with Gasteiger partial charge in [-0.2, -0.15) is 0 Å². The number of aldehydes is 1. The molecule has 0 spiro atoms. The lowest BCUT2D eigenvalue weighted by Crippen LogP contribution is -1.94. The molecule has 33 heavy (non-hydrogen) atoms. The summed E-state index contributed by atoms with van der Waals surface area (Å²) in [5, 5.41) is 8.81. The summed E-state index contributed by atoms with van der Waals surface area (Å²) in [6, 6.07) is 0. The largest absolute Gasteiger partial charge is 0.478 e. The van der Waals surface area contributed by atoms with Crippen LogP contribution in [0.3, 0.4) is 0 Å². The van der Waals surface area contributed by atoms with Crippen LogP contribution in [0, 0.1) is 0 Å². The zero-order valence-electron chi connectivity index (χ0n) is 20.6. The maximum atomic E-state index is 10.7. The van der Waals surface area contributed by atoms with E-state index in [1.807, 2.05) is 107 Å². The highest BCUT2D eigenvalue weighted by molar-refractivity contribution is 5.86. The quantitative estimate of drug-likeness (QED) is 0.190. The first kappa shape index (κ1) is 29.3. The average Bonchev–Trinajstić information content (AvgIpc) is 2.76. The van der Waals surface area contributed by atoms with Crippen LogP contribution in [0.5, 0.6) is 0 Å². The van der Waals surface area contributed by atoms with E-state index in [2.05, 4.69) is 0 Å². The molecule has 3 nitrogen and oxygen atoms in total. The van der Waals surface area contributed by atoms with Gasteiger partial charge in [0.05, 0.1) is 0 Å². The van der Waals surface area contributed by atoms with Gasteiger partial charge in [-0.1, -0.05) is 120 Å². The second-order valence-corrected chi connectivity index (χ2v) is 7.65. The Labute approximate surface area is 199 Å². The molecule has 3 heteroatoms. The number of carbonyl (C=O) groups excluding carboxylic acids is 1. The van der Waals surface area contributed by atoms with Crippen molar-refractivity contribution in [2.45, 2.75) is 41.5 Å². The van der Waals surface area contributed by atoms with E-state index < -0.39 is 5.97 Å². The van der Waals surface area contributed by atoms with Gasteiger partial charge < -0.3 is 5.11 Å². The van der Waals surface area contributed by atoms with E-state index in [-0.39, 0.29) is 0 Å². The summed E-state index contributed by atoms with van der Waals surface area (Å²) >= 11 is 0. The van der Waals surface area contributed by atoms with Gasteiger partial charge >= 0.3 is 5.97 Å². The monoisotopic (exact) mass is 444 g/mol. The molecule has 0 heterocycles. The second-order valence-electron chi connectivity index (χ2n) is 7.65. The highest BCUT2D eigenvalue weighted by Gasteiger charge is 1.95. The fourth-order valence-electron chi connectivity index (χ4n) is 2.15. The van der Waals surface area contributed by atoms with Crippen molar-refractivity contribution in [3.8, 4) is 0 Å². The smallest absolute Gasteiger partial charge is 0.331 e. The third-order valence-electron chi connectivity index (χ3n) is 4.21. The first-order chi connectivity index (χ1) is 15.6. The SMILES string of the molecule is CC(C=O)=CC=CC(C)=CC=CC(C)=CC=CC=C(C)C=CC=C(C)C=CC=C(C)C(=O)O. The van der Waals surface area contributed by atoms with Gasteiger partial charge in [-0.15, -0.1) is 0 Å². The number of carbonyl (C=O) groups is 2. The van der Waals surface area contributed by atoms with Gasteiger partial charge in [0.1, 0.15) is 6.29 Å². The molecule has 1 N–H and O–H groups in total. The zero-order chi connectivity index (χ0) is 25.1. The van der Waals surface area contributed by atoms with E-state index in [9.17, 15) is 9.59 Å². The normalized spacial score (nSPS) is 15.8. The molecule has 0 radical (unpaired) electrons. The summed E-state index contributed by atoms with van der Waals surface area (Å²) in [5.74, 6) is -0.910. The molecule has 0 saturated carbocycles. The lowest BCUT2D eigenvalue weighted by Gasteiger charge is -1.91. The molecule has 0 rings (SSSR count). The van der Waals surface area contributed by atoms with Crippen molar-refractivity contribution >= 4 is 12.3 Å². The van der Waals surface area contributed by atoms with Crippen LogP contribution in [0.1, 0.15) is 41.5 Å². The molecule has 0 saturated heterocycles. The number of aliphatic carboxylic acids is 1. The van der Waals surface area contributed by atoms with Crippen LogP contribution >= 0.6 is 0 Å². The van der Waals surface area contributed by atoms with Crippen molar-refractivity contribution in [1.29, 1.82) is 0 Å². The van der Waals surface area contributed by atoms with E-state index in [0.717, 1.165) is 28.6 Å². The van der Waals surface area contributed by atoms with Crippen molar-refractivity contribution in [2.24, 2.45) is 0 Å². The number of carboxylic acid groups (broad SMARTS) is 1. The Balaban J connectivity index is 4.75. The van der Waals surface area contributed by atoms with Gasteiger partial charge in [0.25, 0.3) is 0 Å². The van der Waals surface area contributed by atoms with Gasteiger partial charge in [-0.05, 0) is 47.1 Å².